The number of amides is 1. The largest absolute Gasteiger partial charge is 0.508 e. The molecule has 0 aromatic heterocycles. The zero-order valence-electron chi connectivity index (χ0n) is 15.0. The van der Waals surface area contributed by atoms with Gasteiger partial charge in [-0.25, -0.2) is 9.68 Å². The predicted octanol–water partition coefficient (Wildman–Crippen LogP) is 0.673. The van der Waals surface area contributed by atoms with Crippen LogP contribution in [0.25, 0.3) is 0 Å². The highest BCUT2D eigenvalue weighted by Gasteiger charge is 2.18. The third-order valence-electron chi connectivity index (χ3n) is 3.67. The first-order valence-corrected chi connectivity index (χ1v) is 8.07. The van der Waals surface area contributed by atoms with Crippen LogP contribution in [0.5, 0.6) is 11.5 Å². The third-order valence-corrected chi connectivity index (χ3v) is 3.67. The average molecular weight is 409 g/mol. The zero-order chi connectivity index (χ0) is 21.2. The molecule has 2 aromatic rings. The summed E-state index contributed by atoms with van der Waals surface area (Å²) in [4.78, 5) is 41.4. The summed E-state index contributed by atoms with van der Waals surface area (Å²) in [6.07, 6.45) is 0. The highest BCUT2D eigenvalue weighted by Crippen LogP contribution is 2.19. The van der Waals surface area contributed by atoms with Gasteiger partial charge in [0.1, 0.15) is 12.4 Å². The Hall–Kier alpha value is -3.26. The topological polar surface area (TPSA) is 182 Å². The molecule has 12 heteroatoms. The van der Waals surface area contributed by atoms with Crippen LogP contribution in [0.4, 0.5) is 0 Å². The summed E-state index contributed by atoms with van der Waals surface area (Å²) >= 11 is 0. The van der Waals surface area contributed by atoms with Crippen LogP contribution >= 0.6 is 0 Å². The molecule has 12 nitrogen and oxygen atoms in total. The number of carbonyl (C=O) groups excluding carboxylic acids is 1. The van der Waals surface area contributed by atoms with Crippen molar-refractivity contribution in [3.8, 4) is 11.5 Å². The number of aromatic carboxylic acids is 1. The van der Waals surface area contributed by atoms with Gasteiger partial charge in [-0.2, -0.15) is 11.4 Å². The molecule has 0 aliphatic carbocycles. The van der Waals surface area contributed by atoms with E-state index in [0.717, 1.165) is 6.07 Å². The van der Waals surface area contributed by atoms with E-state index in [1.807, 2.05) is 0 Å². The van der Waals surface area contributed by atoms with Gasteiger partial charge in [0, 0.05) is 0 Å². The second-order valence-corrected chi connectivity index (χ2v) is 5.53. The molecule has 0 atom stereocenters. The summed E-state index contributed by atoms with van der Waals surface area (Å²) in [5.41, 5.74) is 3.17. The standard InChI is InChI=1S/C17H19N3O9/c18-29-28-13-3-4-14(17(23)24)15(6-13)16(22)19-9-20-26-7-11-5-12(21)2-1-10(11)8-27-25/h1-6,20-21,25H,7-9,18H2,(H,19,22)(H,23,24). The molecule has 0 unspecified atom stereocenters. The molecule has 29 heavy (non-hydrogen) atoms. The summed E-state index contributed by atoms with van der Waals surface area (Å²) in [5.74, 6) is 2.80. The number of hydrogen-bond donors (Lipinski definition) is 6. The number of nitrogens with one attached hydrogen (secondary N) is 2. The van der Waals surface area contributed by atoms with E-state index in [4.69, 9.17) is 16.0 Å². The lowest BCUT2D eigenvalue weighted by Crippen LogP contribution is -2.34. The monoisotopic (exact) mass is 409 g/mol. The summed E-state index contributed by atoms with van der Waals surface area (Å²) in [7, 11) is 0. The maximum absolute atomic E-state index is 12.3. The summed E-state index contributed by atoms with van der Waals surface area (Å²) in [6, 6.07) is 8.01. The molecular formula is C17H19N3O9. The van der Waals surface area contributed by atoms with Gasteiger partial charge in [-0.15, -0.1) is 0 Å². The predicted molar refractivity (Wildman–Crippen MR) is 95.1 cm³/mol. The van der Waals surface area contributed by atoms with Crippen molar-refractivity contribution in [3.63, 3.8) is 0 Å². The van der Waals surface area contributed by atoms with Crippen molar-refractivity contribution in [1.82, 2.24) is 10.8 Å². The van der Waals surface area contributed by atoms with Crippen molar-refractivity contribution in [1.29, 1.82) is 0 Å². The number of carbonyl (C=O) groups is 2. The summed E-state index contributed by atoms with van der Waals surface area (Å²) in [6.45, 7) is -0.278. The van der Waals surface area contributed by atoms with Crippen molar-refractivity contribution in [2.45, 2.75) is 13.2 Å². The average Bonchev–Trinajstić information content (AvgIpc) is 2.69. The Kier molecular flexibility index (Phi) is 8.29. The molecule has 0 spiro atoms. The second kappa shape index (κ2) is 10.9. The highest BCUT2D eigenvalue weighted by atomic mass is 17.3. The lowest BCUT2D eigenvalue weighted by atomic mass is 10.1. The van der Waals surface area contributed by atoms with E-state index in [-0.39, 0.29) is 42.5 Å². The van der Waals surface area contributed by atoms with Crippen LogP contribution in [-0.4, -0.2) is 34.0 Å². The van der Waals surface area contributed by atoms with Crippen molar-refractivity contribution in [2.24, 2.45) is 5.90 Å². The third kappa shape index (κ3) is 6.39. The first-order chi connectivity index (χ1) is 14.0. The number of nitrogens with two attached hydrogens (primary N) is 1. The first kappa shape index (κ1) is 22.0. The number of phenolic OH excluding ortho intramolecular Hbond substituents is 1. The summed E-state index contributed by atoms with van der Waals surface area (Å²) < 4.78 is 0. The number of hydrogen-bond acceptors (Lipinski definition) is 10. The molecule has 0 fully saturated rings. The molecule has 0 aliphatic heterocycles. The van der Waals surface area contributed by atoms with E-state index in [2.05, 4.69) is 25.6 Å². The number of carboxylic acid groups (broad SMARTS) is 1. The van der Waals surface area contributed by atoms with E-state index in [1.54, 1.807) is 6.07 Å². The van der Waals surface area contributed by atoms with Gasteiger partial charge in [0.15, 0.2) is 5.75 Å². The lowest BCUT2D eigenvalue weighted by Gasteiger charge is -2.12. The van der Waals surface area contributed by atoms with Gasteiger partial charge >= 0.3 is 5.97 Å². The van der Waals surface area contributed by atoms with Gasteiger partial charge in [0.2, 0.25) is 0 Å². The van der Waals surface area contributed by atoms with Crippen LogP contribution in [0.2, 0.25) is 0 Å². The minimum atomic E-state index is -1.30. The van der Waals surface area contributed by atoms with Crippen molar-refractivity contribution < 1.29 is 44.7 Å². The molecule has 0 bridgehead atoms. The smallest absolute Gasteiger partial charge is 0.336 e. The highest BCUT2D eigenvalue weighted by molar-refractivity contribution is 6.05. The van der Waals surface area contributed by atoms with Gasteiger partial charge < -0.3 is 20.4 Å². The number of benzene rings is 2. The molecule has 2 rings (SSSR count). The molecular weight excluding hydrogens is 390 g/mol. The first-order valence-electron chi connectivity index (χ1n) is 8.07. The molecule has 0 radical (unpaired) electrons. The number of hydroxylamine groups is 1. The number of phenols is 1. The normalized spacial score (nSPS) is 10.6. The van der Waals surface area contributed by atoms with Gasteiger partial charge in [0.05, 0.1) is 24.4 Å². The Morgan fingerprint density at radius 1 is 1.03 bits per heavy atom. The van der Waals surface area contributed by atoms with E-state index in [0.29, 0.717) is 11.1 Å². The maximum Gasteiger partial charge on any atom is 0.336 e. The molecule has 0 saturated heterocycles. The molecule has 0 aliphatic rings. The molecule has 2 aromatic carbocycles. The minimum absolute atomic E-state index is 0.00310. The van der Waals surface area contributed by atoms with E-state index < -0.39 is 11.9 Å². The SMILES string of the molecule is NOOc1ccc(C(=O)O)c(C(=O)NCNOCc2cc(O)ccc2COO)c1. The Morgan fingerprint density at radius 3 is 2.52 bits per heavy atom. The van der Waals surface area contributed by atoms with Crippen molar-refractivity contribution >= 4 is 11.9 Å². The number of carboxylic acids is 1. The van der Waals surface area contributed by atoms with Crippen LogP contribution in [-0.2, 0) is 27.9 Å². The van der Waals surface area contributed by atoms with Crippen LogP contribution in [0, 0.1) is 0 Å². The second-order valence-electron chi connectivity index (χ2n) is 5.53. The van der Waals surface area contributed by atoms with Gasteiger partial charge in [0.25, 0.3) is 5.91 Å². The molecule has 0 heterocycles. The van der Waals surface area contributed by atoms with Crippen molar-refractivity contribution in [3.05, 3.63) is 58.7 Å². The van der Waals surface area contributed by atoms with E-state index in [9.17, 15) is 19.8 Å². The molecule has 1 amide bonds. The number of rotatable bonds is 11. The van der Waals surface area contributed by atoms with Crippen LogP contribution in [0.15, 0.2) is 36.4 Å². The van der Waals surface area contributed by atoms with Crippen LogP contribution in [0.3, 0.4) is 0 Å². The van der Waals surface area contributed by atoms with Crippen LogP contribution in [0.1, 0.15) is 31.8 Å². The van der Waals surface area contributed by atoms with Gasteiger partial charge in [-0.3, -0.25) is 14.9 Å². The van der Waals surface area contributed by atoms with E-state index in [1.165, 1.54) is 24.3 Å². The Morgan fingerprint density at radius 2 is 1.83 bits per heavy atom. The zero-order valence-corrected chi connectivity index (χ0v) is 15.0. The van der Waals surface area contributed by atoms with Crippen molar-refractivity contribution in [2.75, 3.05) is 6.67 Å². The number of aromatic hydroxyl groups is 1. The fourth-order valence-corrected chi connectivity index (χ4v) is 2.35. The maximum atomic E-state index is 12.3. The van der Waals surface area contributed by atoms with Gasteiger partial charge in [-0.05, 0) is 41.5 Å². The van der Waals surface area contributed by atoms with Gasteiger partial charge in [-0.1, -0.05) is 11.1 Å². The fraction of sp³-hybridized carbons (Fsp3) is 0.176. The minimum Gasteiger partial charge on any atom is -0.508 e. The molecule has 156 valence electrons. The quantitative estimate of drug-likeness (QED) is 0.133. The Labute approximate surface area is 164 Å². The van der Waals surface area contributed by atoms with E-state index >= 15 is 0 Å². The Bertz CT molecular complexity index is 860. The fourth-order valence-electron chi connectivity index (χ4n) is 2.35. The molecule has 7 N–H and O–H groups in total. The summed E-state index contributed by atoms with van der Waals surface area (Å²) in [5, 5.41) is 29.7. The lowest BCUT2D eigenvalue weighted by molar-refractivity contribution is -0.253. The molecule has 0 saturated carbocycles. The van der Waals surface area contributed by atoms with Crippen LogP contribution < -0.4 is 21.6 Å². The Balaban J connectivity index is 1.91.